The molecule has 11 heteroatoms. The Kier molecular flexibility index (Phi) is 7.01. The maximum absolute atomic E-state index is 13.4. The molecule has 0 aliphatic carbocycles. The number of carbonyl (C=O) groups excluding carboxylic acids is 1. The first kappa shape index (κ1) is 25.0. The van der Waals surface area contributed by atoms with Crippen LogP contribution in [0.4, 0.5) is 0 Å². The monoisotopic (exact) mass is 599 g/mol. The third-order valence-electron chi connectivity index (χ3n) is 5.36. The summed E-state index contributed by atoms with van der Waals surface area (Å²) in [4.78, 5) is 29.5. The minimum absolute atomic E-state index is 0.218. The first-order valence-electron chi connectivity index (χ1n) is 10.8. The van der Waals surface area contributed by atoms with Crippen LogP contribution < -0.4 is 10.3 Å². The maximum Gasteiger partial charge on any atom is 0.343 e. The number of hydrogen-bond acceptors (Lipinski definition) is 7. The van der Waals surface area contributed by atoms with Gasteiger partial charge in [0.2, 0.25) is 5.82 Å². The van der Waals surface area contributed by atoms with Gasteiger partial charge in [-0.2, -0.15) is 9.78 Å². The fourth-order valence-corrected chi connectivity index (χ4v) is 4.79. The lowest BCUT2D eigenvalue weighted by atomic mass is 10.2. The molecule has 0 radical (unpaired) electrons. The van der Waals surface area contributed by atoms with Gasteiger partial charge in [0, 0.05) is 10.4 Å². The molecular formula is C26H16BrCl2N3O5. The standard InChI is InChI=1S/C26H16BrCl2N3O5/c1-35-23(33)13-36-24-18(27)8-14(9-19(24)29)12-30-32-25(31-20-5-3-2-4-17(20)26(32)34)22-11-15-10-16(28)6-7-21(15)37-22/h2-12H,13H2,1H3. The molecule has 186 valence electrons. The number of nitrogens with zero attached hydrogens (tertiary/aromatic N) is 3. The third-order valence-corrected chi connectivity index (χ3v) is 6.46. The van der Waals surface area contributed by atoms with E-state index in [1.54, 1.807) is 60.7 Å². The summed E-state index contributed by atoms with van der Waals surface area (Å²) < 4.78 is 17.7. The van der Waals surface area contributed by atoms with Crippen LogP contribution >= 0.6 is 39.1 Å². The van der Waals surface area contributed by atoms with E-state index in [9.17, 15) is 9.59 Å². The highest BCUT2D eigenvalue weighted by Gasteiger charge is 2.17. The van der Waals surface area contributed by atoms with Crippen LogP contribution in [0.3, 0.4) is 0 Å². The lowest BCUT2D eigenvalue weighted by Crippen LogP contribution is -2.20. The molecule has 37 heavy (non-hydrogen) atoms. The van der Waals surface area contributed by atoms with Crippen LogP contribution in [0.5, 0.6) is 5.75 Å². The summed E-state index contributed by atoms with van der Waals surface area (Å²) in [6, 6.07) is 17.2. The summed E-state index contributed by atoms with van der Waals surface area (Å²) in [5.74, 6) is 0.297. The molecule has 0 unspecified atom stereocenters. The summed E-state index contributed by atoms with van der Waals surface area (Å²) in [6.07, 6.45) is 1.46. The normalized spacial score (nSPS) is 11.5. The quantitative estimate of drug-likeness (QED) is 0.167. The van der Waals surface area contributed by atoms with Gasteiger partial charge in [0.05, 0.1) is 33.7 Å². The van der Waals surface area contributed by atoms with E-state index in [0.717, 1.165) is 5.39 Å². The maximum atomic E-state index is 13.4. The molecule has 0 saturated carbocycles. The molecule has 0 aliphatic rings. The van der Waals surface area contributed by atoms with Crippen LogP contribution in [0.15, 0.2) is 79.4 Å². The molecule has 2 heterocycles. The number of para-hydroxylation sites is 1. The van der Waals surface area contributed by atoms with E-state index in [1.165, 1.54) is 18.0 Å². The van der Waals surface area contributed by atoms with E-state index in [-0.39, 0.29) is 28.8 Å². The van der Waals surface area contributed by atoms with Gasteiger partial charge < -0.3 is 13.9 Å². The first-order chi connectivity index (χ1) is 17.8. The fraction of sp³-hybridized carbons (Fsp3) is 0.0769. The lowest BCUT2D eigenvalue weighted by molar-refractivity contribution is -0.142. The summed E-state index contributed by atoms with van der Waals surface area (Å²) in [5.41, 5.74) is 1.28. The number of aromatic nitrogens is 2. The highest BCUT2D eigenvalue weighted by molar-refractivity contribution is 9.10. The van der Waals surface area contributed by atoms with Crippen molar-refractivity contribution in [2.24, 2.45) is 5.10 Å². The summed E-state index contributed by atoms with van der Waals surface area (Å²) in [6.45, 7) is -0.299. The van der Waals surface area contributed by atoms with Crippen LogP contribution in [0.1, 0.15) is 5.56 Å². The minimum atomic E-state index is -0.544. The molecule has 0 amide bonds. The third kappa shape index (κ3) is 5.11. The van der Waals surface area contributed by atoms with Crippen LogP contribution in [0, 0.1) is 0 Å². The number of esters is 1. The number of hydrogen-bond donors (Lipinski definition) is 0. The fourth-order valence-electron chi connectivity index (χ4n) is 3.62. The molecule has 5 rings (SSSR count). The zero-order valence-corrected chi connectivity index (χ0v) is 22.2. The molecule has 5 aromatic rings. The molecule has 0 bridgehead atoms. The van der Waals surface area contributed by atoms with E-state index in [1.807, 2.05) is 0 Å². The topological polar surface area (TPSA) is 95.9 Å². The van der Waals surface area contributed by atoms with Gasteiger partial charge in [-0.3, -0.25) is 4.79 Å². The Morgan fingerprint density at radius 1 is 1.16 bits per heavy atom. The van der Waals surface area contributed by atoms with Gasteiger partial charge in [0.25, 0.3) is 5.56 Å². The molecule has 0 saturated heterocycles. The van der Waals surface area contributed by atoms with Gasteiger partial charge >= 0.3 is 5.97 Å². The summed E-state index contributed by atoms with van der Waals surface area (Å²) in [5, 5.41) is 6.38. The van der Waals surface area contributed by atoms with Gasteiger partial charge in [-0.1, -0.05) is 35.3 Å². The predicted molar refractivity (Wildman–Crippen MR) is 146 cm³/mol. The number of halogens is 3. The zero-order valence-electron chi connectivity index (χ0n) is 19.1. The number of benzene rings is 3. The molecular weight excluding hydrogens is 585 g/mol. The van der Waals surface area contributed by atoms with Gasteiger partial charge in [-0.25, -0.2) is 9.78 Å². The highest BCUT2D eigenvalue weighted by Crippen LogP contribution is 2.34. The van der Waals surface area contributed by atoms with Crippen molar-refractivity contribution < 1.29 is 18.7 Å². The van der Waals surface area contributed by atoms with Crippen molar-refractivity contribution >= 4 is 73.2 Å². The minimum Gasteiger partial charge on any atom is -0.479 e. The number of rotatable bonds is 6. The molecule has 0 fully saturated rings. The Labute approximate surface area is 228 Å². The van der Waals surface area contributed by atoms with E-state index < -0.39 is 5.97 Å². The molecule has 0 N–H and O–H groups in total. The van der Waals surface area contributed by atoms with Crippen LogP contribution in [0.25, 0.3) is 33.5 Å². The largest absolute Gasteiger partial charge is 0.479 e. The first-order valence-corrected chi connectivity index (χ1v) is 12.3. The van der Waals surface area contributed by atoms with E-state index in [2.05, 4.69) is 30.8 Å². The number of methoxy groups -OCH3 is 1. The molecule has 3 aromatic carbocycles. The number of fused-ring (bicyclic) bond motifs is 2. The number of carbonyl (C=O) groups is 1. The summed E-state index contributed by atoms with van der Waals surface area (Å²) >= 11 is 15.9. The van der Waals surface area contributed by atoms with Crippen molar-refractivity contribution in [2.45, 2.75) is 0 Å². The molecule has 0 aliphatic heterocycles. The van der Waals surface area contributed by atoms with Gasteiger partial charge in [0.1, 0.15) is 5.58 Å². The van der Waals surface area contributed by atoms with Crippen LogP contribution in [-0.2, 0) is 9.53 Å². The zero-order chi connectivity index (χ0) is 26.1. The molecule has 0 spiro atoms. The number of furan rings is 1. The van der Waals surface area contributed by atoms with Crippen LogP contribution in [0.2, 0.25) is 10.0 Å². The predicted octanol–water partition coefficient (Wildman–Crippen LogP) is 6.31. The van der Waals surface area contributed by atoms with Gasteiger partial charge in [-0.15, -0.1) is 0 Å². The Bertz CT molecular complexity index is 1740. The molecule has 8 nitrogen and oxygen atoms in total. The summed E-state index contributed by atoms with van der Waals surface area (Å²) in [7, 11) is 1.26. The van der Waals surface area contributed by atoms with Crippen LogP contribution in [-0.4, -0.2) is 35.6 Å². The van der Waals surface area contributed by atoms with Crippen molar-refractivity contribution in [3.63, 3.8) is 0 Å². The van der Waals surface area contributed by atoms with Crippen molar-refractivity contribution in [3.05, 3.63) is 91.1 Å². The second-order valence-electron chi connectivity index (χ2n) is 7.79. The van der Waals surface area contributed by atoms with Crippen molar-refractivity contribution in [2.75, 3.05) is 13.7 Å². The van der Waals surface area contributed by atoms with Crippen molar-refractivity contribution in [3.8, 4) is 17.3 Å². The second-order valence-corrected chi connectivity index (χ2v) is 9.48. The lowest BCUT2D eigenvalue weighted by Gasteiger charge is -2.10. The molecule has 2 aromatic heterocycles. The Morgan fingerprint density at radius 3 is 2.76 bits per heavy atom. The second kappa shape index (κ2) is 10.4. The Hall–Kier alpha value is -3.66. The van der Waals surface area contributed by atoms with Crippen molar-refractivity contribution in [1.82, 2.24) is 9.66 Å². The van der Waals surface area contributed by atoms with E-state index in [4.69, 9.17) is 32.4 Å². The van der Waals surface area contributed by atoms with Gasteiger partial charge in [0.15, 0.2) is 18.1 Å². The highest BCUT2D eigenvalue weighted by atomic mass is 79.9. The smallest absolute Gasteiger partial charge is 0.343 e. The Morgan fingerprint density at radius 2 is 1.97 bits per heavy atom. The molecule has 0 atom stereocenters. The average Bonchev–Trinajstić information content (AvgIpc) is 3.30. The van der Waals surface area contributed by atoms with E-state index in [0.29, 0.717) is 37.3 Å². The Balaban J connectivity index is 1.59. The van der Waals surface area contributed by atoms with E-state index >= 15 is 0 Å². The SMILES string of the molecule is COC(=O)COc1c(Cl)cc(C=Nn2c(-c3cc4cc(Cl)ccc4o3)nc3ccccc3c2=O)cc1Br. The van der Waals surface area contributed by atoms with Gasteiger partial charge in [-0.05, 0) is 70.0 Å². The van der Waals surface area contributed by atoms with Crippen molar-refractivity contribution in [1.29, 1.82) is 0 Å². The number of ether oxygens (including phenoxy) is 2. The average molecular weight is 601 g/mol.